The molecule has 0 atom stereocenters. The van der Waals surface area contributed by atoms with Gasteiger partial charge in [0.15, 0.2) is 0 Å². The molecular formula is C22H32N2. The van der Waals surface area contributed by atoms with E-state index in [0.29, 0.717) is 0 Å². The highest BCUT2D eigenvalue weighted by molar-refractivity contribution is 5.23. The fourth-order valence-electron chi connectivity index (χ4n) is 3.08. The highest BCUT2D eigenvalue weighted by Crippen LogP contribution is 2.12. The molecule has 0 unspecified atom stereocenters. The Bertz CT molecular complexity index is 576. The van der Waals surface area contributed by atoms with Gasteiger partial charge in [-0.2, -0.15) is 0 Å². The van der Waals surface area contributed by atoms with Gasteiger partial charge in [0, 0.05) is 26.2 Å². The smallest absolute Gasteiger partial charge is 0.0237 e. The van der Waals surface area contributed by atoms with Gasteiger partial charge in [-0.25, -0.2) is 0 Å². The zero-order valence-corrected chi connectivity index (χ0v) is 15.5. The molecule has 0 N–H and O–H groups in total. The summed E-state index contributed by atoms with van der Waals surface area (Å²) < 4.78 is 0. The van der Waals surface area contributed by atoms with Gasteiger partial charge in [-0.15, -0.1) is 0 Å². The molecule has 0 heterocycles. The highest BCUT2D eigenvalue weighted by Gasteiger charge is 2.09. The van der Waals surface area contributed by atoms with Crippen molar-refractivity contribution in [2.75, 3.05) is 26.2 Å². The molecule has 2 nitrogen and oxygen atoms in total. The lowest BCUT2D eigenvalue weighted by atomic mass is 10.1. The van der Waals surface area contributed by atoms with E-state index in [9.17, 15) is 0 Å². The topological polar surface area (TPSA) is 6.48 Å². The second kappa shape index (κ2) is 10.3. The van der Waals surface area contributed by atoms with Crippen molar-refractivity contribution in [3.63, 3.8) is 0 Å². The van der Waals surface area contributed by atoms with Crippen molar-refractivity contribution >= 4 is 0 Å². The number of rotatable bonds is 10. The van der Waals surface area contributed by atoms with Gasteiger partial charge in [0.25, 0.3) is 0 Å². The fourth-order valence-corrected chi connectivity index (χ4v) is 3.08. The minimum atomic E-state index is 1.01. The molecule has 0 amide bonds. The second-order valence-corrected chi connectivity index (χ2v) is 6.40. The first-order valence-electron chi connectivity index (χ1n) is 9.31. The summed E-state index contributed by atoms with van der Waals surface area (Å²) in [6, 6.07) is 19.9. The number of hydrogen-bond donors (Lipinski definition) is 0. The molecule has 130 valence electrons. The van der Waals surface area contributed by atoms with Crippen LogP contribution in [0.25, 0.3) is 0 Å². The molecule has 0 fully saturated rings. The first-order valence-corrected chi connectivity index (χ1v) is 9.31. The van der Waals surface area contributed by atoms with Crippen molar-refractivity contribution in [3.05, 3.63) is 71.3 Å². The molecule has 0 saturated carbocycles. The Morgan fingerprint density at radius 2 is 1.21 bits per heavy atom. The molecule has 0 aromatic heterocycles. The zero-order valence-electron chi connectivity index (χ0n) is 15.5. The van der Waals surface area contributed by atoms with Gasteiger partial charge in [-0.05, 0) is 36.2 Å². The van der Waals surface area contributed by atoms with E-state index in [-0.39, 0.29) is 0 Å². The third-order valence-electron chi connectivity index (χ3n) is 4.68. The fraction of sp³-hybridized carbons (Fsp3) is 0.455. The average Bonchev–Trinajstić information content (AvgIpc) is 2.63. The number of likely N-dealkylation sites (N-methyl/N-ethyl adjacent to an activating group) is 1. The number of benzene rings is 2. The van der Waals surface area contributed by atoms with E-state index >= 15 is 0 Å². The van der Waals surface area contributed by atoms with Crippen LogP contribution >= 0.6 is 0 Å². The monoisotopic (exact) mass is 324 g/mol. The Morgan fingerprint density at radius 1 is 0.625 bits per heavy atom. The minimum absolute atomic E-state index is 1.01. The van der Waals surface area contributed by atoms with Gasteiger partial charge >= 0.3 is 0 Å². The van der Waals surface area contributed by atoms with Crippen molar-refractivity contribution in [2.24, 2.45) is 0 Å². The van der Waals surface area contributed by atoms with Gasteiger partial charge < -0.3 is 4.90 Å². The van der Waals surface area contributed by atoms with E-state index in [1.165, 1.54) is 16.7 Å². The summed E-state index contributed by atoms with van der Waals surface area (Å²) in [4.78, 5) is 5.07. The third-order valence-corrected chi connectivity index (χ3v) is 4.68. The van der Waals surface area contributed by atoms with Crippen LogP contribution in [0.5, 0.6) is 0 Å². The Hall–Kier alpha value is -1.64. The average molecular weight is 325 g/mol. The molecule has 0 bridgehead atoms. The Labute approximate surface area is 148 Å². The Balaban J connectivity index is 2.05. The summed E-state index contributed by atoms with van der Waals surface area (Å²) in [5.41, 5.74) is 4.24. The summed E-state index contributed by atoms with van der Waals surface area (Å²) in [5.74, 6) is 0. The predicted molar refractivity (Wildman–Crippen MR) is 104 cm³/mol. The molecule has 2 aromatic rings. The van der Waals surface area contributed by atoms with E-state index in [0.717, 1.165) is 45.7 Å². The maximum absolute atomic E-state index is 2.57. The van der Waals surface area contributed by atoms with Crippen molar-refractivity contribution in [3.8, 4) is 0 Å². The quantitative estimate of drug-likeness (QED) is 0.630. The summed E-state index contributed by atoms with van der Waals surface area (Å²) in [6.45, 7) is 13.2. The van der Waals surface area contributed by atoms with Gasteiger partial charge in [0.2, 0.25) is 0 Å². The summed E-state index contributed by atoms with van der Waals surface area (Å²) in [7, 11) is 0. The first kappa shape index (κ1) is 18.7. The van der Waals surface area contributed by atoms with Crippen molar-refractivity contribution in [2.45, 2.75) is 40.3 Å². The van der Waals surface area contributed by atoms with Crippen LogP contribution in [0.3, 0.4) is 0 Å². The lowest BCUT2D eigenvalue weighted by molar-refractivity contribution is 0.202. The Kier molecular flexibility index (Phi) is 8.00. The van der Waals surface area contributed by atoms with E-state index in [1.807, 2.05) is 0 Å². The van der Waals surface area contributed by atoms with Crippen molar-refractivity contribution < 1.29 is 0 Å². The van der Waals surface area contributed by atoms with Gasteiger partial charge in [0.1, 0.15) is 0 Å². The van der Waals surface area contributed by atoms with Gasteiger partial charge in [0.05, 0.1) is 0 Å². The molecule has 0 saturated heterocycles. The van der Waals surface area contributed by atoms with Crippen LogP contribution in [0.1, 0.15) is 37.5 Å². The third kappa shape index (κ3) is 6.10. The van der Waals surface area contributed by atoms with Crippen LogP contribution in [-0.4, -0.2) is 36.0 Å². The Morgan fingerprint density at radius 3 is 1.88 bits per heavy atom. The molecule has 0 aliphatic heterocycles. The number of nitrogens with zero attached hydrogens (tertiary/aromatic N) is 2. The van der Waals surface area contributed by atoms with Crippen molar-refractivity contribution in [1.82, 2.24) is 9.80 Å². The van der Waals surface area contributed by atoms with E-state index in [2.05, 4.69) is 85.2 Å². The lowest BCUT2D eigenvalue weighted by Gasteiger charge is -2.26. The molecule has 2 heteroatoms. The van der Waals surface area contributed by atoms with E-state index < -0.39 is 0 Å². The molecule has 0 spiro atoms. The van der Waals surface area contributed by atoms with Crippen LogP contribution in [-0.2, 0) is 19.5 Å². The van der Waals surface area contributed by atoms with Crippen LogP contribution in [0.4, 0.5) is 0 Å². The van der Waals surface area contributed by atoms with Crippen LogP contribution < -0.4 is 0 Å². The molecule has 24 heavy (non-hydrogen) atoms. The summed E-state index contributed by atoms with van der Waals surface area (Å²) >= 11 is 0. The molecule has 2 aromatic carbocycles. The predicted octanol–water partition coefficient (Wildman–Crippen LogP) is 4.59. The second-order valence-electron chi connectivity index (χ2n) is 6.40. The largest absolute Gasteiger partial charge is 0.303 e. The molecular weight excluding hydrogens is 292 g/mol. The standard InChI is InChI=1S/C22H32N2/c1-4-20-13-10-14-22(17-20)19-24(16-15-23(5-2)6-3)18-21-11-8-7-9-12-21/h7-14,17H,4-6,15-16,18-19H2,1-3H3. The normalized spacial score (nSPS) is 11.4. The van der Waals surface area contributed by atoms with Crippen LogP contribution in [0.2, 0.25) is 0 Å². The maximum atomic E-state index is 2.57. The minimum Gasteiger partial charge on any atom is -0.303 e. The molecule has 0 radical (unpaired) electrons. The SMILES string of the molecule is CCc1cccc(CN(CCN(CC)CC)Cc2ccccc2)c1. The maximum Gasteiger partial charge on any atom is 0.0237 e. The molecule has 0 aliphatic carbocycles. The van der Waals surface area contributed by atoms with Gasteiger partial charge in [-0.1, -0.05) is 75.4 Å². The highest BCUT2D eigenvalue weighted by atomic mass is 15.2. The number of hydrogen-bond acceptors (Lipinski definition) is 2. The molecule has 2 rings (SSSR count). The molecule has 0 aliphatic rings. The summed E-state index contributed by atoms with van der Waals surface area (Å²) in [5, 5.41) is 0. The number of aryl methyl sites for hydroxylation is 1. The van der Waals surface area contributed by atoms with E-state index in [4.69, 9.17) is 0 Å². The van der Waals surface area contributed by atoms with Gasteiger partial charge in [-0.3, -0.25) is 4.90 Å². The van der Waals surface area contributed by atoms with Crippen molar-refractivity contribution in [1.29, 1.82) is 0 Å². The summed E-state index contributed by atoms with van der Waals surface area (Å²) in [6.07, 6.45) is 1.10. The van der Waals surface area contributed by atoms with Crippen LogP contribution in [0.15, 0.2) is 54.6 Å². The van der Waals surface area contributed by atoms with Crippen LogP contribution in [0, 0.1) is 0 Å². The zero-order chi connectivity index (χ0) is 17.2. The lowest BCUT2D eigenvalue weighted by Crippen LogP contribution is -2.34. The first-order chi connectivity index (χ1) is 11.7. The van der Waals surface area contributed by atoms with E-state index in [1.54, 1.807) is 0 Å².